The number of pyridine rings is 7. The molecule has 0 aliphatic carbocycles. The minimum Gasteiger partial charge on any atom is -0.870 e. The summed E-state index contributed by atoms with van der Waals surface area (Å²) in [5, 5.41) is 63.5. The van der Waals surface area contributed by atoms with Crippen LogP contribution >= 0.6 is 92.0 Å². The zero-order valence-corrected chi connectivity index (χ0v) is 69.8. The van der Waals surface area contributed by atoms with Crippen LogP contribution in [0.2, 0.25) is 15.5 Å². The van der Waals surface area contributed by atoms with E-state index in [0.717, 1.165) is 26.2 Å². The van der Waals surface area contributed by atoms with Crippen LogP contribution in [-0.2, 0) is 9.47 Å². The first kappa shape index (κ1) is 94.0. The summed E-state index contributed by atoms with van der Waals surface area (Å²) in [6, 6.07) is 12.9. The van der Waals surface area contributed by atoms with Crippen LogP contribution in [0.4, 0.5) is 11.6 Å². The molecule has 10 aromatic heterocycles. The molecular weight excluding hydrogens is 1640 g/mol. The SMILES string of the molecule is C1=CCNC1.CCOC(=O)c1cn(-c2nccs2)c2nc(Cl)ccc2c1=O.CCOC(=O)c1cn(-c2nccs2)c2nc(N3C[C@H](CN)[C@@H](CO)C3)ccc2c1=O.CN[C@H]1CNC[C@@H]1CO.ClC/C=C\CCl.NC[C@H]1CN(c2ccc3c(=O)c(C(=O)O)cn(-c4nccs4)c3n2)C[C@@H]1CO.O=C(O)c1ccc(Cl)nc1Cl.[Na+].[OH-]. The number of aliphatic hydroxyl groups excluding tert-OH is 3. The van der Waals surface area contributed by atoms with Gasteiger partial charge in [0.05, 0.1) is 34.9 Å². The van der Waals surface area contributed by atoms with E-state index in [9.17, 15) is 48.9 Å². The van der Waals surface area contributed by atoms with Gasteiger partial charge in [-0.1, -0.05) is 59.1 Å². The number of nitrogens with zero attached hydrogens (tertiary/aromatic N) is 12. The molecule has 3 fully saturated rings. The van der Waals surface area contributed by atoms with Crippen molar-refractivity contribution in [3.05, 3.63) is 195 Å². The molecule has 113 heavy (non-hydrogen) atoms. The third-order valence-corrected chi connectivity index (χ3v) is 20.9. The number of halogens is 5. The number of carboxylic acid groups (broad SMARTS) is 2. The molecule has 10 aromatic rings. The molecule has 0 amide bonds. The van der Waals surface area contributed by atoms with E-state index in [1.165, 1.54) is 75.4 Å². The van der Waals surface area contributed by atoms with Crippen molar-refractivity contribution in [1.82, 2.24) is 64.5 Å². The van der Waals surface area contributed by atoms with E-state index < -0.39 is 40.2 Å². The Labute approximate surface area is 706 Å². The van der Waals surface area contributed by atoms with Gasteiger partial charge >= 0.3 is 53.4 Å². The molecule has 0 saturated carbocycles. The monoisotopic (exact) mass is 1720 g/mol. The number of nitrogens with two attached hydrogens (primary N) is 2. The molecule has 32 nitrogen and oxygen atoms in total. The van der Waals surface area contributed by atoms with Crippen molar-refractivity contribution in [2.45, 2.75) is 19.9 Å². The number of alkyl halides is 2. The number of carbonyl (C=O) groups is 4. The quantitative estimate of drug-likeness (QED) is 0.0179. The third kappa shape index (κ3) is 24.9. The summed E-state index contributed by atoms with van der Waals surface area (Å²) >= 11 is 31.3. The number of hydrogen-bond acceptors (Lipinski definition) is 30. The minimum absolute atomic E-state index is 0. The van der Waals surface area contributed by atoms with Crippen molar-refractivity contribution in [3.63, 3.8) is 0 Å². The number of aromatic nitrogens is 10. The van der Waals surface area contributed by atoms with E-state index in [-0.39, 0.29) is 134 Å². The summed E-state index contributed by atoms with van der Waals surface area (Å²) in [6.45, 7) is 11.8. The number of anilines is 2. The second-order valence-electron chi connectivity index (χ2n) is 24.4. The molecule has 13 N–H and O–H groups in total. The van der Waals surface area contributed by atoms with E-state index in [0.29, 0.717) is 119 Å². The Kier molecular flexibility index (Phi) is 39.3. The van der Waals surface area contributed by atoms with Crippen molar-refractivity contribution in [2.75, 3.05) is 127 Å². The molecule has 0 bridgehead atoms. The molecule has 0 aromatic carbocycles. The molecule has 3 saturated heterocycles. The maximum absolute atomic E-state index is 13.0. The molecule has 14 heterocycles. The van der Waals surface area contributed by atoms with Crippen molar-refractivity contribution < 1.29 is 89.2 Å². The molecule has 41 heteroatoms. The largest absolute Gasteiger partial charge is 1.00 e. The fourth-order valence-electron chi connectivity index (χ4n) is 11.8. The van der Waals surface area contributed by atoms with Gasteiger partial charge in [-0.2, -0.15) is 0 Å². The molecular formula is C72H83Cl5N17NaO15S3. The Morgan fingerprint density at radius 2 is 0.938 bits per heavy atom. The summed E-state index contributed by atoms with van der Waals surface area (Å²) in [4.78, 5) is 118. The zero-order chi connectivity index (χ0) is 80.3. The van der Waals surface area contributed by atoms with Crippen LogP contribution in [0.3, 0.4) is 0 Å². The molecule has 600 valence electrons. The van der Waals surface area contributed by atoms with Crippen molar-refractivity contribution >= 4 is 161 Å². The first-order valence-electron chi connectivity index (χ1n) is 34.5. The van der Waals surface area contributed by atoms with Crippen molar-refractivity contribution in [2.24, 2.45) is 41.1 Å². The van der Waals surface area contributed by atoms with Gasteiger partial charge in [0.25, 0.3) is 0 Å². The summed E-state index contributed by atoms with van der Waals surface area (Å²) in [7, 11) is 1.93. The molecule has 4 aliphatic rings. The summed E-state index contributed by atoms with van der Waals surface area (Å²) in [5.41, 5.74) is 10.8. The Bertz CT molecular complexity index is 4970. The second-order valence-corrected chi connectivity index (χ2v) is 28.7. The van der Waals surface area contributed by atoms with E-state index in [1.54, 1.807) is 82.7 Å². The Morgan fingerprint density at radius 3 is 1.27 bits per heavy atom. The first-order valence-corrected chi connectivity index (χ1v) is 39.4. The van der Waals surface area contributed by atoms with Gasteiger partial charge in [0.2, 0.25) is 16.3 Å². The number of likely N-dealkylation sites (N-methyl/N-ethyl adjacent to an activating group) is 1. The van der Waals surface area contributed by atoms with Crippen LogP contribution in [0.25, 0.3) is 48.5 Å². The minimum atomic E-state index is -1.29. The van der Waals surface area contributed by atoms with E-state index in [1.807, 2.05) is 29.5 Å². The molecule has 6 atom stereocenters. The number of fused-ring (bicyclic) bond motifs is 3. The molecule has 0 radical (unpaired) electrons. The normalized spacial score (nSPS) is 17.1. The fraction of sp³-hybridized carbons (Fsp3) is 0.361. The number of aromatic carboxylic acids is 2. The number of carbonyl (C=O) groups excluding carboxylic acids is 2. The van der Waals surface area contributed by atoms with Crippen molar-refractivity contribution in [3.8, 4) is 15.4 Å². The summed E-state index contributed by atoms with van der Waals surface area (Å²) in [6.07, 6.45) is 16.9. The topological polar surface area (TPSA) is 469 Å². The average Bonchev–Trinajstić information content (AvgIpc) is 1.17. The molecule has 0 unspecified atom stereocenters. The van der Waals surface area contributed by atoms with Gasteiger partial charge in [0, 0.05) is 161 Å². The second kappa shape index (κ2) is 47.3. The van der Waals surface area contributed by atoms with Crippen LogP contribution in [-0.4, -0.2) is 227 Å². The van der Waals surface area contributed by atoms with Gasteiger partial charge in [0.15, 0.2) is 32.3 Å². The fourth-order valence-corrected chi connectivity index (χ4v) is 14.5. The van der Waals surface area contributed by atoms with Crippen molar-refractivity contribution in [1.29, 1.82) is 0 Å². The Hall–Kier alpha value is -7.83. The standard InChI is InChI=1S/C20H23N5O4S.C18H19N5O4S.C14H10ClN3O3S.C6H3Cl2NO2.C6H14N2O.C4H6Cl2.C4H7N.Na.H2O/c1-2-29-19(28)15-10-25(20-22-5-6-30-20)18-14(17(15)27)3-4-16(23-18)24-8-12(7-21)13(9-24)11-26;19-5-10-6-22(7-11(10)9-24)14-2-1-12-15(25)13(17(26)27)8-23(16(12)21-14)18-20-3-4-28-18;1-2-21-13(20)9-7-18(14-16-5-6-22-14)12-8(11(9)19)3-4-10(15)17-12;7-4-2-1-3(6(10)11)5(8)9-4;1-7-6-3-8-2-5(6)4-9;5-3-1-2-4-6;1-2-4-5-3-1;;/h3-6,10,12-13,26H,2,7-9,11,21H2,1H3;1-4,8,10-11,24H,5-7,9,19H2,(H,26,27);3-7H,2H2,1H3;1-2H,(H,10,11);5-9H,2-4H2,1H3;1-2H,3-4H2;1-2,5H,3-4H2;;1H2/q;;;;;;;+1;/p-1/b;;;;;2-1-;;;/t12-,13+;10-,11+;;;5-,6+;;;;/m00..1..../s1. The van der Waals surface area contributed by atoms with Crippen LogP contribution in [0, 0.1) is 29.6 Å². The van der Waals surface area contributed by atoms with Crippen LogP contribution < -0.4 is 83.1 Å². The maximum atomic E-state index is 13.0. The van der Waals surface area contributed by atoms with Gasteiger partial charge in [0.1, 0.15) is 43.8 Å². The number of allylic oxidation sites excluding steroid dienone is 2. The molecule has 14 rings (SSSR count). The predicted molar refractivity (Wildman–Crippen MR) is 436 cm³/mol. The van der Waals surface area contributed by atoms with E-state index in [2.05, 4.69) is 62.9 Å². The van der Waals surface area contributed by atoms with Gasteiger partial charge in [-0.25, -0.2) is 54.1 Å². The Balaban J connectivity index is 0.000000221. The number of aliphatic hydroxyl groups is 3. The van der Waals surface area contributed by atoms with E-state index >= 15 is 0 Å². The zero-order valence-electron chi connectivity index (χ0n) is 61.6. The van der Waals surface area contributed by atoms with Gasteiger partial charge in [-0.3, -0.25) is 28.1 Å². The number of rotatable bonds is 19. The van der Waals surface area contributed by atoms with Crippen LogP contribution in [0.1, 0.15) is 55.3 Å². The smallest absolute Gasteiger partial charge is 0.870 e. The van der Waals surface area contributed by atoms with Gasteiger partial charge in [-0.15, -0.1) is 57.2 Å². The predicted octanol–water partition coefficient (Wildman–Crippen LogP) is 4.10. The first-order chi connectivity index (χ1) is 53.6. The maximum Gasteiger partial charge on any atom is 1.00 e. The van der Waals surface area contributed by atoms with Crippen LogP contribution in [0.5, 0.6) is 0 Å². The summed E-state index contributed by atoms with van der Waals surface area (Å²) < 4.78 is 14.7. The van der Waals surface area contributed by atoms with Gasteiger partial charge < -0.3 is 77.7 Å². The number of hydrogen-bond donors (Lipinski definition) is 10. The van der Waals surface area contributed by atoms with E-state index in [4.69, 9.17) is 94.1 Å². The average molecular weight is 1720 g/mol. The summed E-state index contributed by atoms with van der Waals surface area (Å²) in [5.74, 6) is -0.383. The van der Waals surface area contributed by atoms with Gasteiger partial charge in [-0.05, 0) is 94.4 Å². The molecule has 4 aliphatic heterocycles. The third-order valence-electron chi connectivity index (χ3n) is 17.5. The van der Waals surface area contributed by atoms with Crippen LogP contribution in [0.15, 0.2) is 141 Å². The number of carboxylic acids is 2. The molecule has 0 spiro atoms. The number of nitrogens with one attached hydrogen (secondary N) is 3. The number of esters is 2. The Morgan fingerprint density at radius 1 is 0.549 bits per heavy atom. The number of ether oxygens (including phenoxy) is 2. The number of thiazole rings is 3.